The molecule has 0 amide bonds. The van der Waals surface area contributed by atoms with E-state index in [4.69, 9.17) is 10.5 Å². The van der Waals surface area contributed by atoms with Gasteiger partial charge in [0.1, 0.15) is 5.75 Å². The zero-order valence-corrected chi connectivity index (χ0v) is 11.7. The average Bonchev–Trinajstić information content (AvgIpc) is 2.47. The van der Waals surface area contributed by atoms with Crippen LogP contribution in [0, 0.1) is 0 Å². The molecule has 2 N–H and O–H groups in total. The van der Waals surface area contributed by atoms with E-state index in [-0.39, 0.29) is 11.9 Å². The van der Waals surface area contributed by atoms with E-state index in [1.165, 1.54) is 0 Å². The van der Waals surface area contributed by atoms with Crippen molar-refractivity contribution in [2.45, 2.75) is 26.5 Å². The van der Waals surface area contributed by atoms with Gasteiger partial charge in [-0.25, -0.2) is 0 Å². The second-order valence-corrected chi connectivity index (χ2v) is 4.76. The Kier molecular flexibility index (Phi) is 4.48. The predicted octanol–water partition coefficient (Wildman–Crippen LogP) is 2.56. The fourth-order valence-electron chi connectivity index (χ4n) is 1.85. The Morgan fingerprint density at radius 2 is 1.90 bits per heavy atom. The molecule has 0 unspecified atom stereocenters. The molecule has 2 aromatic rings. The molecule has 4 nitrogen and oxygen atoms in total. The Hall–Kier alpha value is -2.20. The highest BCUT2D eigenvalue weighted by atomic mass is 16.5. The lowest BCUT2D eigenvalue weighted by Crippen LogP contribution is -2.07. The number of carbonyl (C=O) groups excluding carboxylic acids is 1. The molecule has 0 aliphatic rings. The van der Waals surface area contributed by atoms with Crippen molar-refractivity contribution < 1.29 is 9.53 Å². The van der Waals surface area contributed by atoms with E-state index in [9.17, 15) is 4.79 Å². The van der Waals surface area contributed by atoms with Crippen molar-refractivity contribution in [3.8, 4) is 5.75 Å². The minimum absolute atomic E-state index is 0.0433. The molecule has 2 rings (SSSR count). The zero-order chi connectivity index (χ0) is 14.5. The number of pyridine rings is 1. The molecule has 104 valence electrons. The fourth-order valence-corrected chi connectivity index (χ4v) is 1.85. The SMILES string of the molecule is CC(C)Oc1ccc(C(=O)c2ccnc(CN)c2)cc1. The maximum atomic E-state index is 12.3. The highest BCUT2D eigenvalue weighted by Crippen LogP contribution is 2.16. The lowest BCUT2D eigenvalue weighted by molar-refractivity contribution is 0.103. The number of hydrogen-bond acceptors (Lipinski definition) is 4. The number of ether oxygens (including phenoxy) is 1. The first-order valence-corrected chi connectivity index (χ1v) is 6.56. The fraction of sp³-hybridized carbons (Fsp3) is 0.250. The van der Waals surface area contributed by atoms with Gasteiger partial charge in [-0.15, -0.1) is 0 Å². The molecule has 0 spiro atoms. The van der Waals surface area contributed by atoms with Crippen LogP contribution in [-0.2, 0) is 6.54 Å². The summed E-state index contributed by atoms with van der Waals surface area (Å²) in [5.74, 6) is 0.715. The van der Waals surface area contributed by atoms with Gasteiger partial charge >= 0.3 is 0 Å². The number of nitrogens with two attached hydrogens (primary N) is 1. The first-order chi connectivity index (χ1) is 9.60. The Morgan fingerprint density at radius 3 is 2.50 bits per heavy atom. The standard InChI is InChI=1S/C16H18N2O2/c1-11(2)20-15-5-3-12(4-6-15)16(19)13-7-8-18-14(9-13)10-17/h3-9,11H,10,17H2,1-2H3. The summed E-state index contributed by atoms with van der Waals surface area (Å²) in [7, 11) is 0. The summed E-state index contributed by atoms with van der Waals surface area (Å²) in [5, 5.41) is 0. The molecule has 0 aliphatic heterocycles. The number of carbonyl (C=O) groups is 1. The smallest absolute Gasteiger partial charge is 0.193 e. The zero-order valence-electron chi connectivity index (χ0n) is 11.7. The van der Waals surface area contributed by atoms with E-state index in [2.05, 4.69) is 4.98 Å². The topological polar surface area (TPSA) is 65.2 Å². The first kappa shape index (κ1) is 14.2. The summed E-state index contributed by atoms with van der Waals surface area (Å²) in [5.41, 5.74) is 7.45. The normalized spacial score (nSPS) is 10.6. The highest BCUT2D eigenvalue weighted by molar-refractivity contribution is 6.09. The molecule has 0 atom stereocenters. The molecule has 0 saturated carbocycles. The number of benzene rings is 1. The van der Waals surface area contributed by atoms with Gasteiger partial charge in [0.2, 0.25) is 0 Å². The number of rotatable bonds is 5. The van der Waals surface area contributed by atoms with E-state index >= 15 is 0 Å². The molecule has 4 heteroatoms. The second-order valence-electron chi connectivity index (χ2n) is 4.76. The number of ketones is 1. The van der Waals surface area contributed by atoms with Gasteiger partial charge in [0.15, 0.2) is 5.78 Å². The summed E-state index contributed by atoms with van der Waals surface area (Å²) >= 11 is 0. The van der Waals surface area contributed by atoms with Gasteiger partial charge < -0.3 is 10.5 Å². The van der Waals surface area contributed by atoms with E-state index in [0.717, 1.165) is 5.75 Å². The minimum Gasteiger partial charge on any atom is -0.491 e. The van der Waals surface area contributed by atoms with Crippen molar-refractivity contribution in [2.24, 2.45) is 5.73 Å². The van der Waals surface area contributed by atoms with Crippen LogP contribution in [0.4, 0.5) is 0 Å². The van der Waals surface area contributed by atoms with Crippen LogP contribution in [0.3, 0.4) is 0 Å². The van der Waals surface area contributed by atoms with Crippen LogP contribution in [0.1, 0.15) is 35.5 Å². The predicted molar refractivity (Wildman–Crippen MR) is 77.8 cm³/mol. The van der Waals surface area contributed by atoms with Crippen LogP contribution in [0.2, 0.25) is 0 Å². The van der Waals surface area contributed by atoms with Gasteiger partial charge in [0.05, 0.1) is 11.8 Å². The molecule has 0 radical (unpaired) electrons. The molecule has 0 fully saturated rings. The first-order valence-electron chi connectivity index (χ1n) is 6.56. The summed E-state index contributed by atoms with van der Waals surface area (Å²) in [6.07, 6.45) is 1.72. The second kappa shape index (κ2) is 6.30. The third kappa shape index (κ3) is 3.42. The van der Waals surface area contributed by atoms with Gasteiger partial charge in [0.25, 0.3) is 0 Å². The van der Waals surface area contributed by atoms with Crippen LogP contribution in [0.15, 0.2) is 42.6 Å². The van der Waals surface area contributed by atoms with Gasteiger partial charge in [0, 0.05) is 23.9 Å². The van der Waals surface area contributed by atoms with Gasteiger partial charge in [-0.1, -0.05) is 0 Å². The monoisotopic (exact) mass is 270 g/mol. The molecular weight excluding hydrogens is 252 g/mol. The van der Waals surface area contributed by atoms with Crippen LogP contribution in [0.5, 0.6) is 5.75 Å². The Morgan fingerprint density at radius 1 is 1.20 bits per heavy atom. The summed E-state index contributed by atoms with van der Waals surface area (Å²) in [6, 6.07) is 10.6. The van der Waals surface area contributed by atoms with Crippen molar-refractivity contribution in [3.63, 3.8) is 0 Å². The van der Waals surface area contributed by atoms with E-state index in [1.54, 1.807) is 42.6 Å². The minimum atomic E-state index is -0.0433. The van der Waals surface area contributed by atoms with Gasteiger partial charge in [-0.05, 0) is 50.2 Å². The van der Waals surface area contributed by atoms with Crippen LogP contribution >= 0.6 is 0 Å². The third-order valence-corrected chi connectivity index (χ3v) is 2.78. The molecule has 0 bridgehead atoms. The lowest BCUT2D eigenvalue weighted by Gasteiger charge is -2.10. The van der Waals surface area contributed by atoms with Crippen LogP contribution < -0.4 is 10.5 Å². The third-order valence-electron chi connectivity index (χ3n) is 2.78. The van der Waals surface area contributed by atoms with Crippen molar-refractivity contribution in [1.82, 2.24) is 4.98 Å². The van der Waals surface area contributed by atoms with E-state index < -0.39 is 0 Å². The highest BCUT2D eigenvalue weighted by Gasteiger charge is 2.10. The maximum Gasteiger partial charge on any atom is 0.193 e. The van der Waals surface area contributed by atoms with Crippen molar-refractivity contribution >= 4 is 5.78 Å². The number of hydrogen-bond donors (Lipinski definition) is 1. The molecule has 1 heterocycles. The lowest BCUT2D eigenvalue weighted by atomic mass is 10.0. The van der Waals surface area contributed by atoms with E-state index in [1.807, 2.05) is 13.8 Å². The largest absolute Gasteiger partial charge is 0.491 e. The molecule has 0 aliphatic carbocycles. The van der Waals surface area contributed by atoms with Crippen LogP contribution in [-0.4, -0.2) is 16.9 Å². The number of nitrogens with zero attached hydrogens (tertiary/aromatic N) is 1. The van der Waals surface area contributed by atoms with Crippen LogP contribution in [0.25, 0.3) is 0 Å². The van der Waals surface area contributed by atoms with Crippen molar-refractivity contribution in [3.05, 3.63) is 59.4 Å². The molecular formula is C16H18N2O2. The Bertz CT molecular complexity index is 592. The summed E-state index contributed by atoms with van der Waals surface area (Å²) in [6.45, 7) is 4.25. The molecule has 1 aromatic carbocycles. The average molecular weight is 270 g/mol. The Labute approximate surface area is 118 Å². The summed E-state index contributed by atoms with van der Waals surface area (Å²) in [4.78, 5) is 16.4. The van der Waals surface area contributed by atoms with Crippen molar-refractivity contribution in [1.29, 1.82) is 0 Å². The Balaban J connectivity index is 2.20. The maximum absolute atomic E-state index is 12.3. The quantitative estimate of drug-likeness (QED) is 0.848. The van der Waals surface area contributed by atoms with Crippen molar-refractivity contribution in [2.75, 3.05) is 0 Å². The van der Waals surface area contributed by atoms with Gasteiger partial charge in [-0.2, -0.15) is 0 Å². The van der Waals surface area contributed by atoms with E-state index in [0.29, 0.717) is 23.4 Å². The molecule has 0 saturated heterocycles. The molecule has 1 aromatic heterocycles. The molecule has 20 heavy (non-hydrogen) atoms. The number of aromatic nitrogens is 1. The summed E-state index contributed by atoms with van der Waals surface area (Å²) < 4.78 is 5.55. The van der Waals surface area contributed by atoms with Gasteiger partial charge in [-0.3, -0.25) is 9.78 Å².